The summed E-state index contributed by atoms with van der Waals surface area (Å²) < 4.78 is 0. The van der Waals surface area contributed by atoms with Gasteiger partial charge in [-0.1, -0.05) is 38.1 Å². The summed E-state index contributed by atoms with van der Waals surface area (Å²) in [7, 11) is 0. The molecule has 0 heteroatoms. The van der Waals surface area contributed by atoms with E-state index in [-0.39, 0.29) is 0 Å². The lowest BCUT2D eigenvalue weighted by Gasteiger charge is -2.14. The summed E-state index contributed by atoms with van der Waals surface area (Å²) in [5.41, 5.74) is 11.3. The van der Waals surface area contributed by atoms with E-state index < -0.39 is 0 Å². The summed E-state index contributed by atoms with van der Waals surface area (Å²) in [5.74, 6) is 0. The molecule has 0 amide bonds. The van der Waals surface area contributed by atoms with Crippen LogP contribution in [0.5, 0.6) is 0 Å². The van der Waals surface area contributed by atoms with Gasteiger partial charge in [-0.2, -0.15) is 0 Å². The third-order valence-electron chi connectivity index (χ3n) is 4.43. The molecule has 0 aliphatic carbocycles. The molecule has 0 aliphatic heterocycles. The van der Waals surface area contributed by atoms with Crippen LogP contribution in [0.25, 0.3) is 11.1 Å². The van der Waals surface area contributed by atoms with E-state index in [1.165, 1.54) is 44.5 Å². The van der Waals surface area contributed by atoms with Gasteiger partial charge < -0.3 is 0 Å². The third-order valence-corrected chi connectivity index (χ3v) is 4.43. The van der Waals surface area contributed by atoms with Gasteiger partial charge in [0.2, 0.25) is 0 Å². The van der Waals surface area contributed by atoms with Crippen LogP contribution < -0.4 is 0 Å². The molecule has 0 atom stereocenters. The molecule has 0 N–H and O–H groups in total. The van der Waals surface area contributed by atoms with Gasteiger partial charge in [0.05, 0.1) is 0 Å². The first kappa shape index (κ1) is 14.8. The highest BCUT2D eigenvalue weighted by Crippen LogP contribution is 2.29. The van der Waals surface area contributed by atoms with Crippen LogP contribution in [-0.4, -0.2) is 0 Å². The summed E-state index contributed by atoms with van der Waals surface area (Å²) in [6.07, 6.45) is 2.23. The smallest absolute Gasteiger partial charge is 0.0178 e. The summed E-state index contributed by atoms with van der Waals surface area (Å²) in [4.78, 5) is 0. The van der Waals surface area contributed by atoms with E-state index in [1.807, 2.05) is 0 Å². The number of hydrogen-bond donors (Lipinski definition) is 0. The average Bonchev–Trinajstić information content (AvgIpc) is 2.37. The van der Waals surface area contributed by atoms with Gasteiger partial charge in [-0.3, -0.25) is 0 Å². The van der Waals surface area contributed by atoms with Crippen LogP contribution in [0.2, 0.25) is 0 Å². The first-order valence-corrected chi connectivity index (χ1v) is 7.68. The summed E-state index contributed by atoms with van der Waals surface area (Å²) >= 11 is 0. The molecule has 106 valence electrons. The lowest BCUT2D eigenvalue weighted by atomic mass is 9.91. The quantitative estimate of drug-likeness (QED) is 0.667. The lowest BCUT2D eigenvalue weighted by Crippen LogP contribution is -1.96. The number of aryl methyl sites for hydroxylation is 4. The Labute approximate surface area is 123 Å². The largest absolute Gasteiger partial charge is 0.0613 e. The van der Waals surface area contributed by atoms with E-state index in [0.29, 0.717) is 0 Å². The predicted molar refractivity (Wildman–Crippen MR) is 89.6 cm³/mol. The zero-order chi connectivity index (χ0) is 14.9. The lowest BCUT2D eigenvalue weighted by molar-refractivity contribution is 1.07. The second kappa shape index (κ2) is 5.83. The van der Waals surface area contributed by atoms with Gasteiger partial charge in [0.15, 0.2) is 0 Å². The van der Waals surface area contributed by atoms with Crippen molar-refractivity contribution in [2.24, 2.45) is 0 Å². The summed E-state index contributed by atoms with van der Waals surface area (Å²) in [6, 6.07) is 9.36. The fourth-order valence-corrected chi connectivity index (χ4v) is 3.44. The van der Waals surface area contributed by atoms with Crippen molar-refractivity contribution in [1.82, 2.24) is 0 Å². The maximum absolute atomic E-state index is 2.34. The van der Waals surface area contributed by atoms with Gasteiger partial charge in [0, 0.05) is 0 Å². The van der Waals surface area contributed by atoms with Crippen LogP contribution in [-0.2, 0) is 12.8 Å². The van der Waals surface area contributed by atoms with Crippen molar-refractivity contribution in [1.29, 1.82) is 0 Å². The van der Waals surface area contributed by atoms with Crippen molar-refractivity contribution in [2.75, 3.05) is 0 Å². The van der Waals surface area contributed by atoms with Crippen molar-refractivity contribution >= 4 is 0 Å². The van der Waals surface area contributed by atoms with Crippen molar-refractivity contribution in [3.8, 4) is 11.1 Å². The maximum atomic E-state index is 2.34. The molecule has 0 aliphatic rings. The van der Waals surface area contributed by atoms with Crippen LogP contribution >= 0.6 is 0 Å². The van der Waals surface area contributed by atoms with Gasteiger partial charge in [0.25, 0.3) is 0 Å². The van der Waals surface area contributed by atoms with E-state index >= 15 is 0 Å². The van der Waals surface area contributed by atoms with E-state index in [0.717, 1.165) is 12.8 Å². The van der Waals surface area contributed by atoms with Crippen LogP contribution in [0.3, 0.4) is 0 Å². The second-order valence-electron chi connectivity index (χ2n) is 5.88. The number of hydrogen-bond acceptors (Lipinski definition) is 0. The van der Waals surface area contributed by atoms with Crippen LogP contribution in [0.4, 0.5) is 0 Å². The molecule has 0 saturated heterocycles. The molecule has 0 saturated carbocycles. The molecule has 0 heterocycles. The predicted octanol–water partition coefficient (Wildman–Crippen LogP) is 5.71. The Morgan fingerprint density at radius 3 is 1.00 bits per heavy atom. The Balaban J connectivity index is 2.58. The van der Waals surface area contributed by atoms with Crippen molar-refractivity contribution in [2.45, 2.75) is 54.4 Å². The monoisotopic (exact) mass is 266 g/mol. The van der Waals surface area contributed by atoms with Gasteiger partial charge >= 0.3 is 0 Å². The van der Waals surface area contributed by atoms with Crippen molar-refractivity contribution in [3.05, 3.63) is 57.6 Å². The first-order chi connectivity index (χ1) is 9.47. The Morgan fingerprint density at radius 1 is 0.550 bits per heavy atom. The molecule has 0 aromatic heterocycles. The third kappa shape index (κ3) is 2.65. The fourth-order valence-electron chi connectivity index (χ4n) is 3.44. The van der Waals surface area contributed by atoms with E-state index in [4.69, 9.17) is 0 Å². The number of rotatable bonds is 3. The highest BCUT2D eigenvalue weighted by Gasteiger charge is 2.08. The summed E-state index contributed by atoms with van der Waals surface area (Å²) in [6.45, 7) is 13.4. The zero-order valence-electron chi connectivity index (χ0n) is 13.7. The molecule has 0 spiro atoms. The molecule has 0 bridgehead atoms. The molecule has 0 unspecified atom stereocenters. The van der Waals surface area contributed by atoms with Crippen LogP contribution in [0.1, 0.15) is 47.2 Å². The second-order valence-corrected chi connectivity index (χ2v) is 5.88. The zero-order valence-corrected chi connectivity index (χ0v) is 13.7. The molecule has 0 radical (unpaired) electrons. The van der Waals surface area contributed by atoms with E-state index in [2.05, 4.69) is 65.8 Å². The Bertz CT molecular complexity index is 529. The molecule has 2 aromatic carbocycles. The van der Waals surface area contributed by atoms with Gasteiger partial charge in [0.1, 0.15) is 0 Å². The minimum absolute atomic E-state index is 1.12. The van der Waals surface area contributed by atoms with Crippen LogP contribution in [0.15, 0.2) is 24.3 Å². The average molecular weight is 266 g/mol. The van der Waals surface area contributed by atoms with Gasteiger partial charge in [-0.25, -0.2) is 0 Å². The number of benzene rings is 2. The topological polar surface area (TPSA) is 0 Å². The van der Waals surface area contributed by atoms with E-state index in [9.17, 15) is 0 Å². The van der Waals surface area contributed by atoms with Gasteiger partial charge in [-0.15, -0.1) is 0 Å². The SMILES string of the molecule is CCc1c(C)cc(-c2cc(C)c(CC)c(C)c2)cc1C. The van der Waals surface area contributed by atoms with Crippen molar-refractivity contribution in [3.63, 3.8) is 0 Å². The van der Waals surface area contributed by atoms with Gasteiger partial charge in [-0.05, 0) is 85.0 Å². The molecule has 2 aromatic rings. The molecule has 0 fully saturated rings. The standard InChI is InChI=1S/C20H26/c1-7-19-13(3)9-17(10-14(19)4)18-11-15(5)20(8-2)16(6)12-18/h9-12H,7-8H2,1-6H3. The maximum Gasteiger partial charge on any atom is -0.0178 e. The fraction of sp³-hybridized carbons (Fsp3) is 0.400. The summed E-state index contributed by atoms with van der Waals surface area (Å²) in [5, 5.41) is 0. The normalized spacial score (nSPS) is 10.9. The highest BCUT2D eigenvalue weighted by atomic mass is 14.1. The first-order valence-electron chi connectivity index (χ1n) is 7.68. The minimum atomic E-state index is 1.12. The highest BCUT2D eigenvalue weighted by molar-refractivity contribution is 5.68. The molecule has 2 rings (SSSR count). The van der Waals surface area contributed by atoms with Crippen LogP contribution in [0, 0.1) is 27.7 Å². The van der Waals surface area contributed by atoms with Crippen molar-refractivity contribution < 1.29 is 0 Å². The Hall–Kier alpha value is -1.56. The molecular formula is C20H26. The Kier molecular flexibility index (Phi) is 4.32. The minimum Gasteiger partial charge on any atom is -0.0613 e. The molecular weight excluding hydrogens is 240 g/mol. The molecule has 0 nitrogen and oxygen atoms in total. The Morgan fingerprint density at radius 2 is 0.800 bits per heavy atom. The van der Waals surface area contributed by atoms with E-state index in [1.54, 1.807) is 0 Å². The molecule has 20 heavy (non-hydrogen) atoms.